The number of Topliss-reactive ketones (excluding diaryl/α,β-unsaturated/α-hetero) is 1. The average Bonchev–Trinajstić information content (AvgIpc) is 2.27. The molecule has 0 aromatic carbocycles. The standard InChI is InChI=1S/C10H7ClO5/c11-7-2-8(13)5-1-9(16-4-12)15-3-6(5)10(7)14/h2,4,9H,1,3H2. The molecule has 0 radical (unpaired) electrons. The van der Waals surface area contributed by atoms with Crippen LogP contribution in [0.3, 0.4) is 0 Å². The Kier molecular flexibility index (Phi) is 2.89. The summed E-state index contributed by atoms with van der Waals surface area (Å²) in [7, 11) is 0. The van der Waals surface area contributed by atoms with Crippen molar-refractivity contribution in [1.29, 1.82) is 0 Å². The van der Waals surface area contributed by atoms with Gasteiger partial charge in [-0.05, 0) is 0 Å². The number of hydrogen-bond donors (Lipinski definition) is 0. The number of halogens is 1. The van der Waals surface area contributed by atoms with E-state index >= 15 is 0 Å². The molecule has 0 saturated heterocycles. The first-order valence-corrected chi connectivity index (χ1v) is 4.90. The molecule has 1 aliphatic carbocycles. The van der Waals surface area contributed by atoms with Crippen LogP contribution in [0.1, 0.15) is 6.42 Å². The first-order valence-electron chi connectivity index (χ1n) is 4.52. The van der Waals surface area contributed by atoms with Crippen LogP contribution in [-0.2, 0) is 23.9 Å². The van der Waals surface area contributed by atoms with Gasteiger partial charge in [-0.25, -0.2) is 0 Å². The summed E-state index contributed by atoms with van der Waals surface area (Å²) in [6.07, 6.45) is 0.351. The highest BCUT2D eigenvalue weighted by Gasteiger charge is 2.33. The van der Waals surface area contributed by atoms with Crippen molar-refractivity contribution in [3.63, 3.8) is 0 Å². The van der Waals surface area contributed by atoms with Gasteiger partial charge in [0.05, 0.1) is 11.6 Å². The lowest BCUT2D eigenvalue weighted by Crippen LogP contribution is -2.31. The zero-order valence-electron chi connectivity index (χ0n) is 8.07. The van der Waals surface area contributed by atoms with Crippen molar-refractivity contribution in [2.75, 3.05) is 6.61 Å². The molecule has 1 atom stereocenters. The lowest BCUT2D eigenvalue weighted by Gasteiger charge is -2.26. The molecule has 0 aromatic heterocycles. The summed E-state index contributed by atoms with van der Waals surface area (Å²) in [5.74, 6) is -0.733. The van der Waals surface area contributed by atoms with E-state index in [1.165, 1.54) is 0 Å². The minimum Gasteiger partial charge on any atom is -0.438 e. The molecule has 0 amide bonds. The molecule has 1 unspecified atom stereocenters. The lowest BCUT2D eigenvalue weighted by molar-refractivity contribution is -0.164. The Morgan fingerprint density at radius 3 is 2.88 bits per heavy atom. The SMILES string of the molecule is O=COC1CC2=C(CO1)C(=O)C(Cl)=CC2=O. The van der Waals surface area contributed by atoms with Gasteiger partial charge in [0.25, 0.3) is 6.47 Å². The van der Waals surface area contributed by atoms with Crippen LogP contribution in [0.15, 0.2) is 22.3 Å². The molecule has 0 fully saturated rings. The molecule has 1 heterocycles. The van der Waals surface area contributed by atoms with Gasteiger partial charge in [-0.2, -0.15) is 0 Å². The van der Waals surface area contributed by atoms with E-state index < -0.39 is 12.1 Å². The summed E-state index contributed by atoms with van der Waals surface area (Å²) in [6.45, 7) is 0.177. The summed E-state index contributed by atoms with van der Waals surface area (Å²) >= 11 is 5.59. The number of ether oxygens (including phenoxy) is 2. The molecule has 16 heavy (non-hydrogen) atoms. The maximum atomic E-state index is 11.6. The minimum atomic E-state index is -0.807. The minimum absolute atomic E-state index is 0.0670. The molecule has 0 spiro atoms. The van der Waals surface area contributed by atoms with Gasteiger partial charge in [0.2, 0.25) is 12.1 Å². The fourth-order valence-electron chi connectivity index (χ4n) is 1.63. The van der Waals surface area contributed by atoms with Gasteiger partial charge in [0, 0.05) is 23.6 Å². The van der Waals surface area contributed by atoms with Crippen LogP contribution in [0, 0.1) is 0 Å². The molecular weight excluding hydrogens is 236 g/mol. The largest absolute Gasteiger partial charge is 0.438 e. The quantitative estimate of drug-likeness (QED) is 0.520. The third kappa shape index (κ3) is 1.79. The van der Waals surface area contributed by atoms with Crippen molar-refractivity contribution in [3.05, 3.63) is 22.3 Å². The number of rotatable bonds is 2. The van der Waals surface area contributed by atoms with Gasteiger partial charge in [-0.1, -0.05) is 11.6 Å². The molecule has 0 saturated carbocycles. The fraction of sp³-hybridized carbons (Fsp3) is 0.300. The molecule has 5 nitrogen and oxygen atoms in total. The summed E-state index contributed by atoms with van der Waals surface area (Å²) in [6, 6.07) is 0. The van der Waals surface area contributed by atoms with Crippen LogP contribution < -0.4 is 0 Å². The van der Waals surface area contributed by atoms with E-state index in [4.69, 9.17) is 16.3 Å². The van der Waals surface area contributed by atoms with Crippen molar-refractivity contribution in [2.24, 2.45) is 0 Å². The Balaban J connectivity index is 2.27. The van der Waals surface area contributed by atoms with Crippen LogP contribution >= 0.6 is 11.6 Å². The second-order valence-electron chi connectivity index (χ2n) is 3.32. The molecule has 0 bridgehead atoms. The number of allylic oxidation sites excluding steroid dienone is 2. The predicted octanol–water partition coefficient (Wildman–Crippen LogP) is 0.477. The molecule has 0 aromatic rings. The van der Waals surface area contributed by atoms with Crippen molar-refractivity contribution in [3.8, 4) is 0 Å². The highest BCUT2D eigenvalue weighted by atomic mass is 35.5. The average molecular weight is 243 g/mol. The fourth-order valence-corrected chi connectivity index (χ4v) is 1.84. The number of hydrogen-bond acceptors (Lipinski definition) is 5. The Bertz CT molecular complexity index is 434. The molecule has 2 rings (SSSR count). The monoisotopic (exact) mass is 242 g/mol. The molecule has 6 heteroatoms. The molecule has 1 aliphatic heterocycles. The van der Waals surface area contributed by atoms with Crippen LogP contribution in [0.4, 0.5) is 0 Å². The molecule has 2 aliphatic rings. The smallest absolute Gasteiger partial charge is 0.295 e. The van der Waals surface area contributed by atoms with E-state index in [2.05, 4.69) is 4.74 Å². The molecule has 84 valence electrons. The second-order valence-corrected chi connectivity index (χ2v) is 3.73. The number of carbonyl (C=O) groups excluding carboxylic acids is 3. The normalized spacial score (nSPS) is 25.1. The number of ketones is 2. The van der Waals surface area contributed by atoms with Crippen LogP contribution in [-0.4, -0.2) is 30.9 Å². The zero-order chi connectivity index (χ0) is 11.7. The van der Waals surface area contributed by atoms with Crippen molar-refractivity contribution < 1.29 is 23.9 Å². The van der Waals surface area contributed by atoms with Crippen molar-refractivity contribution >= 4 is 29.6 Å². The summed E-state index contributed by atoms with van der Waals surface area (Å²) in [4.78, 5) is 33.3. The molecular formula is C10H7ClO5. The highest BCUT2D eigenvalue weighted by Crippen LogP contribution is 2.29. The summed E-state index contributed by atoms with van der Waals surface area (Å²) in [5.41, 5.74) is 0.566. The third-order valence-electron chi connectivity index (χ3n) is 2.40. The Morgan fingerprint density at radius 2 is 2.19 bits per heavy atom. The van der Waals surface area contributed by atoms with Crippen LogP contribution in [0.2, 0.25) is 0 Å². The van der Waals surface area contributed by atoms with E-state index in [1.807, 2.05) is 0 Å². The van der Waals surface area contributed by atoms with Gasteiger partial charge >= 0.3 is 0 Å². The van der Waals surface area contributed by atoms with E-state index in [-0.39, 0.29) is 35.9 Å². The first kappa shape index (κ1) is 11.0. The topological polar surface area (TPSA) is 69.7 Å². The van der Waals surface area contributed by atoms with Gasteiger partial charge in [-0.15, -0.1) is 0 Å². The number of carbonyl (C=O) groups is 3. The third-order valence-corrected chi connectivity index (χ3v) is 2.68. The van der Waals surface area contributed by atoms with Gasteiger partial charge in [-0.3, -0.25) is 14.4 Å². The molecule has 0 N–H and O–H groups in total. The van der Waals surface area contributed by atoms with Gasteiger partial charge in [0.1, 0.15) is 0 Å². The van der Waals surface area contributed by atoms with Gasteiger partial charge in [0.15, 0.2) is 5.78 Å². The Morgan fingerprint density at radius 1 is 1.44 bits per heavy atom. The summed E-state index contributed by atoms with van der Waals surface area (Å²) in [5, 5.41) is -0.109. The van der Waals surface area contributed by atoms with Crippen LogP contribution in [0.25, 0.3) is 0 Å². The van der Waals surface area contributed by atoms with Crippen molar-refractivity contribution in [2.45, 2.75) is 12.7 Å². The van der Waals surface area contributed by atoms with Crippen molar-refractivity contribution in [1.82, 2.24) is 0 Å². The Hall–Kier alpha value is -1.46. The van der Waals surface area contributed by atoms with E-state index in [1.54, 1.807) is 0 Å². The maximum absolute atomic E-state index is 11.6. The highest BCUT2D eigenvalue weighted by molar-refractivity contribution is 6.48. The lowest BCUT2D eigenvalue weighted by atomic mass is 9.91. The summed E-state index contributed by atoms with van der Waals surface area (Å²) < 4.78 is 9.67. The van der Waals surface area contributed by atoms with Crippen LogP contribution in [0.5, 0.6) is 0 Å². The van der Waals surface area contributed by atoms with E-state index in [0.717, 1.165) is 6.08 Å². The first-order chi connectivity index (χ1) is 7.63. The Labute approximate surface area is 95.6 Å². The van der Waals surface area contributed by atoms with E-state index in [9.17, 15) is 14.4 Å². The van der Waals surface area contributed by atoms with E-state index in [0.29, 0.717) is 5.57 Å². The predicted molar refractivity (Wildman–Crippen MR) is 52.5 cm³/mol. The van der Waals surface area contributed by atoms with Gasteiger partial charge < -0.3 is 9.47 Å². The second kappa shape index (κ2) is 4.19. The zero-order valence-corrected chi connectivity index (χ0v) is 8.82. The maximum Gasteiger partial charge on any atom is 0.295 e.